The first-order valence-corrected chi connectivity index (χ1v) is 6.91. The highest BCUT2D eigenvalue weighted by Crippen LogP contribution is 2.19. The standard InChI is InChI=1S/C15H26N2O/c1-4-15(16)13-7-9-14(10-8-13)17(5-2)11-12-18-6-3/h7-10,15H,4-6,11-12,16H2,1-3H3/t15-/m1/s1. The van der Waals surface area contributed by atoms with Gasteiger partial charge < -0.3 is 15.4 Å². The first kappa shape index (κ1) is 15.0. The SMILES string of the molecule is CCOCCN(CC)c1ccc([C@H](N)CC)cc1. The van der Waals surface area contributed by atoms with Crippen molar-refractivity contribution in [3.8, 4) is 0 Å². The Kier molecular flexibility index (Phi) is 6.76. The van der Waals surface area contributed by atoms with Crippen LogP contribution in [0, 0.1) is 0 Å². The number of hydrogen-bond acceptors (Lipinski definition) is 3. The summed E-state index contributed by atoms with van der Waals surface area (Å²) in [7, 11) is 0. The molecule has 0 saturated carbocycles. The van der Waals surface area contributed by atoms with Crippen LogP contribution in [-0.2, 0) is 4.74 Å². The maximum Gasteiger partial charge on any atom is 0.0641 e. The minimum absolute atomic E-state index is 0.151. The van der Waals surface area contributed by atoms with Gasteiger partial charge in [0, 0.05) is 31.4 Å². The van der Waals surface area contributed by atoms with Crippen molar-refractivity contribution in [1.29, 1.82) is 0 Å². The smallest absolute Gasteiger partial charge is 0.0641 e. The molecular weight excluding hydrogens is 224 g/mol. The molecule has 0 aromatic heterocycles. The van der Waals surface area contributed by atoms with Crippen LogP contribution >= 0.6 is 0 Å². The zero-order chi connectivity index (χ0) is 13.4. The molecule has 0 spiro atoms. The van der Waals surface area contributed by atoms with Gasteiger partial charge in [-0.1, -0.05) is 19.1 Å². The average molecular weight is 250 g/mol. The second-order valence-corrected chi connectivity index (χ2v) is 4.38. The summed E-state index contributed by atoms with van der Waals surface area (Å²) in [4.78, 5) is 2.32. The number of nitrogens with zero attached hydrogens (tertiary/aromatic N) is 1. The van der Waals surface area contributed by atoms with E-state index < -0.39 is 0 Å². The van der Waals surface area contributed by atoms with Crippen molar-refractivity contribution >= 4 is 5.69 Å². The van der Waals surface area contributed by atoms with Crippen LogP contribution in [0.4, 0.5) is 5.69 Å². The van der Waals surface area contributed by atoms with E-state index in [1.54, 1.807) is 0 Å². The van der Waals surface area contributed by atoms with Gasteiger partial charge >= 0.3 is 0 Å². The van der Waals surface area contributed by atoms with Crippen molar-refractivity contribution in [2.45, 2.75) is 33.2 Å². The predicted molar refractivity (Wildman–Crippen MR) is 78.0 cm³/mol. The van der Waals surface area contributed by atoms with E-state index in [1.165, 1.54) is 11.3 Å². The Morgan fingerprint density at radius 1 is 1.17 bits per heavy atom. The fourth-order valence-electron chi connectivity index (χ4n) is 1.96. The molecule has 0 radical (unpaired) electrons. The summed E-state index contributed by atoms with van der Waals surface area (Å²) in [5.74, 6) is 0. The van der Waals surface area contributed by atoms with Crippen LogP contribution in [0.3, 0.4) is 0 Å². The van der Waals surface area contributed by atoms with Crippen LogP contribution in [-0.4, -0.2) is 26.3 Å². The van der Waals surface area contributed by atoms with E-state index >= 15 is 0 Å². The Balaban J connectivity index is 2.63. The molecule has 1 aromatic carbocycles. The summed E-state index contributed by atoms with van der Waals surface area (Å²) in [5.41, 5.74) is 8.47. The third-order valence-electron chi connectivity index (χ3n) is 3.22. The summed E-state index contributed by atoms with van der Waals surface area (Å²) < 4.78 is 5.40. The number of ether oxygens (including phenoxy) is 1. The molecule has 0 unspecified atom stereocenters. The molecule has 1 aromatic rings. The molecule has 0 fully saturated rings. The number of anilines is 1. The summed E-state index contributed by atoms with van der Waals surface area (Å²) in [6.45, 7) is 9.78. The number of likely N-dealkylation sites (N-methyl/N-ethyl adjacent to an activating group) is 1. The summed E-state index contributed by atoms with van der Waals surface area (Å²) >= 11 is 0. The van der Waals surface area contributed by atoms with Crippen molar-refractivity contribution in [3.63, 3.8) is 0 Å². The quantitative estimate of drug-likeness (QED) is 0.721. The highest BCUT2D eigenvalue weighted by molar-refractivity contribution is 5.47. The molecule has 102 valence electrons. The van der Waals surface area contributed by atoms with Crippen molar-refractivity contribution < 1.29 is 4.74 Å². The zero-order valence-corrected chi connectivity index (χ0v) is 11.9. The van der Waals surface area contributed by atoms with E-state index in [9.17, 15) is 0 Å². The maximum absolute atomic E-state index is 6.02. The van der Waals surface area contributed by atoms with E-state index in [0.717, 1.165) is 32.7 Å². The number of hydrogen-bond donors (Lipinski definition) is 1. The Hall–Kier alpha value is -1.06. The topological polar surface area (TPSA) is 38.5 Å². The lowest BCUT2D eigenvalue weighted by Crippen LogP contribution is -2.27. The Labute approximate surface area is 111 Å². The first-order valence-electron chi connectivity index (χ1n) is 6.91. The van der Waals surface area contributed by atoms with Crippen molar-refractivity contribution in [2.75, 3.05) is 31.2 Å². The lowest BCUT2D eigenvalue weighted by molar-refractivity contribution is 0.154. The lowest BCUT2D eigenvalue weighted by atomic mass is 10.1. The second-order valence-electron chi connectivity index (χ2n) is 4.38. The highest BCUT2D eigenvalue weighted by atomic mass is 16.5. The first-order chi connectivity index (χ1) is 8.72. The van der Waals surface area contributed by atoms with Gasteiger partial charge in [-0.2, -0.15) is 0 Å². The minimum atomic E-state index is 0.151. The lowest BCUT2D eigenvalue weighted by Gasteiger charge is -2.23. The molecule has 18 heavy (non-hydrogen) atoms. The fourth-order valence-corrected chi connectivity index (χ4v) is 1.96. The number of benzene rings is 1. The Morgan fingerprint density at radius 3 is 2.33 bits per heavy atom. The van der Waals surface area contributed by atoms with E-state index in [-0.39, 0.29) is 6.04 Å². The van der Waals surface area contributed by atoms with Gasteiger partial charge in [-0.25, -0.2) is 0 Å². The van der Waals surface area contributed by atoms with Crippen molar-refractivity contribution in [3.05, 3.63) is 29.8 Å². The molecular formula is C15H26N2O. The summed E-state index contributed by atoms with van der Waals surface area (Å²) in [5, 5.41) is 0. The summed E-state index contributed by atoms with van der Waals surface area (Å²) in [6, 6.07) is 8.72. The van der Waals surface area contributed by atoms with Crippen LogP contribution < -0.4 is 10.6 Å². The molecule has 0 saturated heterocycles. The normalized spacial score (nSPS) is 12.4. The monoisotopic (exact) mass is 250 g/mol. The van der Waals surface area contributed by atoms with Crippen LogP contribution in [0.25, 0.3) is 0 Å². The van der Waals surface area contributed by atoms with Crippen LogP contribution in [0.2, 0.25) is 0 Å². The van der Waals surface area contributed by atoms with Gasteiger partial charge in [-0.3, -0.25) is 0 Å². The molecule has 0 aliphatic heterocycles. The van der Waals surface area contributed by atoms with Crippen molar-refractivity contribution in [2.24, 2.45) is 5.73 Å². The van der Waals surface area contributed by atoms with Gasteiger partial charge in [0.15, 0.2) is 0 Å². The number of rotatable bonds is 8. The third kappa shape index (κ3) is 4.31. The average Bonchev–Trinajstić information content (AvgIpc) is 2.43. The minimum Gasteiger partial charge on any atom is -0.380 e. The molecule has 2 N–H and O–H groups in total. The van der Waals surface area contributed by atoms with Gasteiger partial charge in [0.25, 0.3) is 0 Å². The molecule has 3 nitrogen and oxygen atoms in total. The number of nitrogens with two attached hydrogens (primary N) is 1. The molecule has 0 heterocycles. The van der Waals surface area contributed by atoms with Crippen LogP contribution in [0.1, 0.15) is 38.8 Å². The third-order valence-corrected chi connectivity index (χ3v) is 3.22. The molecule has 0 aliphatic rings. The van der Waals surface area contributed by atoms with Crippen LogP contribution in [0.5, 0.6) is 0 Å². The molecule has 1 atom stereocenters. The molecule has 0 aliphatic carbocycles. The van der Waals surface area contributed by atoms with Gasteiger partial charge in [-0.05, 0) is 38.0 Å². The maximum atomic E-state index is 6.02. The second kappa shape index (κ2) is 8.11. The molecule has 3 heteroatoms. The van der Waals surface area contributed by atoms with E-state index in [1.807, 2.05) is 6.92 Å². The molecule has 0 bridgehead atoms. The van der Waals surface area contributed by atoms with Gasteiger partial charge in [0.2, 0.25) is 0 Å². The van der Waals surface area contributed by atoms with Gasteiger partial charge in [-0.15, -0.1) is 0 Å². The van der Waals surface area contributed by atoms with Gasteiger partial charge in [0.1, 0.15) is 0 Å². The Morgan fingerprint density at radius 2 is 1.83 bits per heavy atom. The van der Waals surface area contributed by atoms with E-state index in [2.05, 4.69) is 43.0 Å². The van der Waals surface area contributed by atoms with Crippen LogP contribution in [0.15, 0.2) is 24.3 Å². The van der Waals surface area contributed by atoms with Gasteiger partial charge in [0.05, 0.1) is 6.61 Å². The summed E-state index contributed by atoms with van der Waals surface area (Å²) in [6.07, 6.45) is 0.973. The zero-order valence-electron chi connectivity index (χ0n) is 11.9. The van der Waals surface area contributed by atoms with E-state index in [0.29, 0.717) is 0 Å². The molecule has 1 rings (SSSR count). The predicted octanol–water partition coefficient (Wildman–Crippen LogP) is 2.96. The molecule has 0 amide bonds. The van der Waals surface area contributed by atoms with Crippen molar-refractivity contribution in [1.82, 2.24) is 0 Å². The van der Waals surface area contributed by atoms with E-state index in [4.69, 9.17) is 10.5 Å². The highest BCUT2D eigenvalue weighted by Gasteiger charge is 2.06. The fraction of sp³-hybridized carbons (Fsp3) is 0.600. The largest absolute Gasteiger partial charge is 0.380 e. The Bertz CT molecular complexity index is 324.